The van der Waals surface area contributed by atoms with Gasteiger partial charge in [-0.1, -0.05) is 0 Å². The van der Waals surface area contributed by atoms with E-state index in [1.165, 1.54) is 23.5 Å². The van der Waals surface area contributed by atoms with Crippen molar-refractivity contribution in [2.75, 3.05) is 0 Å². The number of rotatable bonds is 4. The minimum absolute atomic E-state index is 0.239. The number of imidazole rings is 1. The SMILES string of the molecule is Cc1nc2c(s1)c1cc(C(=O)NCc3nccn3C)ccc1n2-c1ccc(C(F)(F)F)cc1. The van der Waals surface area contributed by atoms with E-state index in [9.17, 15) is 18.0 Å². The van der Waals surface area contributed by atoms with Crippen LogP contribution in [0, 0.1) is 6.92 Å². The number of nitrogens with zero attached hydrogens (tertiary/aromatic N) is 4. The lowest BCUT2D eigenvalue weighted by molar-refractivity contribution is -0.137. The molecule has 3 heterocycles. The maximum atomic E-state index is 13.0. The molecular formula is C23H18F3N5OS. The highest BCUT2D eigenvalue weighted by Crippen LogP contribution is 2.37. The first kappa shape index (κ1) is 21.2. The molecule has 0 saturated heterocycles. The van der Waals surface area contributed by atoms with Gasteiger partial charge in [-0.2, -0.15) is 13.2 Å². The van der Waals surface area contributed by atoms with Crippen LogP contribution in [-0.2, 0) is 19.8 Å². The molecule has 0 aliphatic carbocycles. The number of alkyl halides is 3. The predicted octanol–water partition coefficient (Wildman–Crippen LogP) is 5.23. The molecule has 10 heteroatoms. The Kier molecular flexibility index (Phi) is 4.97. The fourth-order valence-corrected chi connectivity index (χ4v) is 4.73. The van der Waals surface area contributed by atoms with Crippen molar-refractivity contribution >= 4 is 38.5 Å². The van der Waals surface area contributed by atoms with Gasteiger partial charge < -0.3 is 9.88 Å². The third-order valence-corrected chi connectivity index (χ3v) is 6.45. The minimum Gasteiger partial charge on any atom is -0.345 e. The molecular weight excluding hydrogens is 451 g/mol. The number of carbonyl (C=O) groups excluding carboxylic acids is 1. The van der Waals surface area contributed by atoms with E-state index in [-0.39, 0.29) is 5.91 Å². The van der Waals surface area contributed by atoms with Gasteiger partial charge >= 0.3 is 6.18 Å². The molecule has 0 saturated carbocycles. The first-order valence-corrected chi connectivity index (χ1v) is 10.9. The smallest absolute Gasteiger partial charge is 0.345 e. The van der Waals surface area contributed by atoms with E-state index >= 15 is 0 Å². The molecule has 2 aromatic carbocycles. The number of halogens is 3. The second-order valence-corrected chi connectivity index (χ2v) is 8.84. The number of fused-ring (bicyclic) bond motifs is 3. The van der Waals surface area contributed by atoms with Gasteiger partial charge in [0, 0.05) is 36.1 Å². The van der Waals surface area contributed by atoms with Crippen LogP contribution in [0.25, 0.3) is 26.9 Å². The van der Waals surface area contributed by atoms with E-state index in [0.717, 1.165) is 38.6 Å². The van der Waals surface area contributed by atoms with Gasteiger partial charge in [0.05, 0.1) is 27.3 Å². The summed E-state index contributed by atoms with van der Waals surface area (Å²) in [6, 6.07) is 10.3. The molecule has 0 unspecified atom stereocenters. The van der Waals surface area contributed by atoms with Gasteiger partial charge in [0.25, 0.3) is 5.91 Å². The summed E-state index contributed by atoms with van der Waals surface area (Å²) in [6.07, 6.45) is -0.929. The van der Waals surface area contributed by atoms with Crippen molar-refractivity contribution < 1.29 is 18.0 Å². The van der Waals surface area contributed by atoms with Crippen LogP contribution in [0.5, 0.6) is 0 Å². The van der Waals surface area contributed by atoms with Crippen molar-refractivity contribution in [1.29, 1.82) is 0 Å². The average Bonchev–Trinajstić information content (AvgIpc) is 3.44. The number of amides is 1. The number of benzene rings is 2. The summed E-state index contributed by atoms with van der Waals surface area (Å²) >= 11 is 1.48. The number of hydrogen-bond acceptors (Lipinski definition) is 4. The second-order valence-electron chi connectivity index (χ2n) is 7.63. The largest absolute Gasteiger partial charge is 0.416 e. The van der Waals surface area contributed by atoms with Gasteiger partial charge in [-0.15, -0.1) is 11.3 Å². The maximum Gasteiger partial charge on any atom is 0.416 e. The van der Waals surface area contributed by atoms with E-state index in [1.807, 2.05) is 23.1 Å². The van der Waals surface area contributed by atoms with Gasteiger partial charge in [0.1, 0.15) is 5.82 Å². The molecule has 0 bridgehead atoms. The first-order chi connectivity index (χ1) is 15.7. The van der Waals surface area contributed by atoms with Gasteiger partial charge in [-0.3, -0.25) is 9.36 Å². The molecule has 1 N–H and O–H groups in total. The first-order valence-electron chi connectivity index (χ1n) is 10.1. The molecule has 33 heavy (non-hydrogen) atoms. The van der Waals surface area contributed by atoms with Crippen LogP contribution in [0.15, 0.2) is 54.9 Å². The standard InChI is InChI=1S/C23H18F3N5OS/c1-13-29-21-20(33-13)17-11-14(22(32)28-12-19-27-9-10-30(19)2)3-8-18(17)31(21)16-6-4-15(5-7-16)23(24,25)26/h3-11H,12H2,1-2H3,(H,28,32). The van der Waals surface area contributed by atoms with Gasteiger partial charge in [-0.25, -0.2) is 9.97 Å². The highest BCUT2D eigenvalue weighted by atomic mass is 32.1. The van der Waals surface area contributed by atoms with E-state index in [1.54, 1.807) is 30.6 Å². The summed E-state index contributed by atoms with van der Waals surface area (Å²) in [5, 5.41) is 4.52. The third kappa shape index (κ3) is 3.76. The van der Waals surface area contributed by atoms with Crippen LogP contribution in [0.4, 0.5) is 13.2 Å². The summed E-state index contributed by atoms with van der Waals surface area (Å²) in [6.45, 7) is 2.17. The van der Waals surface area contributed by atoms with E-state index < -0.39 is 11.7 Å². The molecule has 0 atom stereocenters. The topological polar surface area (TPSA) is 64.7 Å². The molecule has 3 aromatic heterocycles. The van der Waals surface area contributed by atoms with Crippen LogP contribution in [0.1, 0.15) is 26.8 Å². The van der Waals surface area contributed by atoms with E-state index in [4.69, 9.17) is 0 Å². The van der Waals surface area contributed by atoms with Crippen LogP contribution in [0.3, 0.4) is 0 Å². The number of aryl methyl sites for hydroxylation is 2. The molecule has 5 rings (SSSR count). The Balaban J connectivity index is 1.55. The van der Waals surface area contributed by atoms with Crippen molar-refractivity contribution in [3.8, 4) is 5.69 Å². The monoisotopic (exact) mass is 469 g/mol. The maximum absolute atomic E-state index is 13.0. The van der Waals surface area contributed by atoms with Crippen molar-refractivity contribution in [2.45, 2.75) is 19.6 Å². The fraction of sp³-hybridized carbons (Fsp3) is 0.174. The molecule has 0 fully saturated rings. The number of thiazole rings is 1. The van der Waals surface area contributed by atoms with Crippen molar-refractivity contribution in [3.63, 3.8) is 0 Å². The molecule has 0 aliphatic heterocycles. The highest BCUT2D eigenvalue weighted by Gasteiger charge is 2.30. The molecule has 6 nitrogen and oxygen atoms in total. The van der Waals surface area contributed by atoms with Crippen LogP contribution in [0.2, 0.25) is 0 Å². The second kappa shape index (κ2) is 7.73. The Morgan fingerprint density at radius 2 is 1.91 bits per heavy atom. The fourth-order valence-electron chi connectivity index (χ4n) is 3.80. The molecule has 0 radical (unpaired) electrons. The number of aromatic nitrogens is 4. The lowest BCUT2D eigenvalue weighted by Crippen LogP contribution is -2.24. The summed E-state index contributed by atoms with van der Waals surface area (Å²) < 4.78 is 43.5. The lowest BCUT2D eigenvalue weighted by Gasteiger charge is -2.10. The van der Waals surface area contributed by atoms with E-state index in [2.05, 4.69) is 15.3 Å². The molecule has 0 aliphatic rings. The molecule has 168 valence electrons. The summed E-state index contributed by atoms with van der Waals surface area (Å²) in [4.78, 5) is 21.6. The number of carbonyl (C=O) groups is 1. The van der Waals surface area contributed by atoms with Crippen LogP contribution < -0.4 is 5.32 Å². The normalized spacial score (nSPS) is 12.0. The van der Waals surface area contributed by atoms with Crippen molar-refractivity contribution in [1.82, 2.24) is 24.4 Å². The Morgan fingerprint density at radius 3 is 2.58 bits per heavy atom. The summed E-state index contributed by atoms with van der Waals surface area (Å²) in [5.74, 6) is 0.495. The Morgan fingerprint density at radius 1 is 1.15 bits per heavy atom. The number of nitrogens with one attached hydrogen (secondary N) is 1. The Hall–Kier alpha value is -3.66. The highest BCUT2D eigenvalue weighted by molar-refractivity contribution is 7.19. The zero-order chi connectivity index (χ0) is 23.3. The Labute approximate surface area is 190 Å². The van der Waals surface area contributed by atoms with E-state index in [0.29, 0.717) is 23.4 Å². The average molecular weight is 469 g/mol. The molecule has 5 aromatic rings. The molecule has 0 spiro atoms. The zero-order valence-corrected chi connectivity index (χ0v) is 18.5. The quantitative estimate of drug-likeness (QED) is 0.392. The minimum atomic E-state index is -4.40. The van der Waals surface area contributed by atoms with Gasteiger partial charge in [0.15, 0.2) is 5.65 Å². The number of hydrogen-bond donors (Lipinski definition) is 1. The summed E-state index contributed by atoms with van der Waals surface area (Å²) in [7, 11) is 1.85. The van der Waals surface area contributed by atoms with Gasteiger partial charge in [-0.05, 0) is 49.4 Å². The molecule has 1 amide bonds. The third-order valence-electron chi connectivity index (χ3n) is 5.45. The van der Waals surface area contributed by atoms with Crippen LogP contribution in [-0.4, -0.2) is 25.0 Å². The van der Waals surface area contributed by atoms with Crippen molar-refractivity contribution in [2.24, 2.45) is 7.05 Å². The van der Waals surface area contributed by atoms with Crippen molar-refractivity contribution in [3.05, 3.63) is 76.8 Å². The zero-order valence-electron chi connectivity index (χ0n) is 17.6. The van der Waals surface area contributed by atoms with Gasteiger partial charge in [0.2, 0.25) is 0 Å². The lowest BCUT2D eigenvalue weighted by atomic mass is 10.1. The van der Waals surface area contributed by atoms with Crippen LogP contribution >= 0.6 is 11.3 Å². The Bertz CT molecular complexity index is 1490. The predicted molar refractivity (Wildman–Crippen MR) is 121 cm³/mol. The summed E-state index contributed by atoms with van der Waals surface area (Å²) in [5.41, 5.74) is 1.76.